The third-order valence-electron chi connectivity index (χ3n) is 1.40. The first-order valence-electron chi connectivity index (χ1n) is 4.16. The molecule has 0 aliphatic heterocycles. The molecule has 0 fully saturated rings. The Kier molecular flexibility index (Phi) is 4.65. The van der Waals surface area contributed by atoms with Gasteiger partial charge in [0.2, 0.25) is 0 Å². The lowest BCUT2D eigenvalue weighted by molar-refractivity contribution is 1.17. The normalized spacial score (nSPS) is 8.29. The van der Waals surface area contributed by atoms with E-state index in [9.17, 15) is 0 Å². The highest BCUT2D eigenvalue weighted by Gasteiger charge is 1.77. The highest BCUT2D eigenvalue weighted by Crippen LogP contribution is 1.94. The molecular formula is C11H11N3. The van der Waals surface area contributed by atoms with Crippen LogP contribution in [0.2, 0.25) is 0 Å². The van der Waals surface area contributed by atoms with Crippen LogP contribution >= 0.6 is 0 Å². The second-order valence-electron chi connectivity index (χ2n) is 2.39. The molecule has 0 aromatic carbocycles. The summed E-state index contributed by atoms with van der Waals surface area (Å²) in [7, 11) is 0. The Bertz CT molecular complexity index is 319. The van der Waals surface area contributed by atoms with Crippen LogP contribution < -0.4 is 0 Å². The molecule has 3 nitrogen and oxygen atoms in total. The second-order valence-corrected chi connectivity index (χ2v) is 2.39. The van der Waals surface area contributed by atoms with Crippen molar-refractivity contribution in [2.45, 2.75) is 0 Å². The van der Waals surface area contributed by atoms with E-state index in [1.54, 1.807) is 36.9 Å². The predicted octanol–water partition coefficient (Wildman–Crippen LogP) is 2.20. The van der Waals surface area contributed by atoms with Gasteiger partial charge in [-0.05, 0) is 17.7 Å². The van der Waals surface area contributed by atoms with Crippen LogP contribution in [0.15, 0.2) is 55.9 Å². The Labute approximate surface area is 83.2 Å². The van der Waals surface area contributed by atoms with Gasteiger partial charge in [0, 0.05) is 24.8 Å². The highest BCUT2D eigenvalue weighted by atomic mass is 14.8. The topological polar surface area (TPSA) is 38.7 Å². The van der Waals surface area contributed by atoms with Crippen molar-refractivity contribution in [2.75, 3.05) is 0 Å². The number of aromatic nitrogens is 3. The summed E-state index contributed by atoms with van der Waals surface area (Å²) in [6, 6.07) is 5.62. The molecule has 2 aromatic rings. The zero-order chi connectivity index (χ0) is 10.1. The monoisotopic (exact) mass is 185 g/mol. The first-order chi connectivity index (χ1) is 6.93. The number of nitrogens with zero attached hydrogens (tertiary/aromatic N) is 3. The van der Waals surface area contributed by atoms with Crippen LogP contribution in [0.25, 0.3) is 6.08 Å². The van der Waals surface area contributed by atoms with Gasteiger partial charge in [0.1, 0.15) is 6.33 Å². The van der Waals surface area contributed by atoms with Crippen LogP contribution in [-0.4, -0.2) is 15.0 Å². The average Bonchev–Trinajstić information content (AvgIpc) is 2.33. The molecule has 2 rings (SSSR count). The fraction of sp³-hybridized carbons (Fsp3) is 0. The van der Waals surface area contributed by atoms with E-state index in [0.717, 1.165) is 5.56 Å². The summed E-state index contributed by atoms with van der Waals surface area (Å²) in [6.45, 7) is 3.59. The average molecular weight is 185 g/mol. The summed E-state index contributed by atoms with van der Waals surface area (Å²) in [5.41, 5.74) is 1.06. The van der Waals surface area contributed by atoms with Crippen molar-refractivity contribution in [3.05, 3.63) is 61.5 Å². The third kappa shape index (κ3) is 4.11. The molecule has 70 valence electrons. The van der Waals surface area contributed by atoms with Crippen molar-refractivity contribution < 1.29 is 0 Å². The molecule has 2 aromatic heterocycles. The van der Waals surface area contributed by atoms with Gasteiger partial charge in [0.15, 0.2) is 0 Å². The minimum Gasteiger partial charge on any atom is -0.264 e. The molecule has 0 unspecified atom stereocenters. The number of pyridine rings is 1. The third-order valence-corrected chi connectivity index (χ3v) is 1.40. The van der Waals surface area contributed by atoms with Gasteiger partial charge in [0.05, 0.1) is 0 Å². The number of rotatable bonds is 1. The van der Waals surface area contributed by atoms with Gasteiger partial charge in [-0.2, -0.15) is 0 Å². The molecule has 0 radical (unpaired) electrons. The zero-order valence-corrected chi connectivity index (χ0v) is 7.74. The van der Waals surface area contributed by atoms with Crippen molar-refractivity contribution >= 4 is 6.08 Å². The summed E-state index contributed by atoms with van der Waals surface area (Å²) >= 11 is 0. The van der Waals surface area contributed by atoms with Crippen molar-refractivity contribution in [3.63, 3.8) is 0 Å². The predicted molar refractivity (Wildman–Crippen MR) is 56.4 cm³/mol. The van der Waals surface area contributed by atoms with Crippen molar-refractivity contribution in [3.8, 4) is 0 Å². The molecule has 0 N–H and O–H groups in total. The van der Waals surface area contributed by atoms with E-state index in [2.05, 4.69) is 21.5 Å². The standard InChI is InChI=1S/C7H7N.C4H4N2/c1-2-7-4-3-5-8-6-7;1-2-5-4-6-3-1/h2-6H,1H2;1-4H. The van der Waals surface area contributed by atoms with E-state index in [0.29, 0.717) is 0 Å². The second kappa shape index (κ2) is 6.48. The van der Waals surface area contributed by atoms with E-state index in [1.807, 2.05) is 12.1 Å². The lowest BCUT2D eigenvalue weighted by Crippen LogP contribution is -1.70. The maximum absolute atomic E-state index is 3.88. The molecule has 0 atom stereocenters. The Morgan fingerprint density at radius 1 is 1.00 bits per heavy atom. The zero-order valence-electron chi connectivity index (χ0n) is 7.74. The van der Waals surface area contributed by atoms with E-state index >= 15 is 0 Å². The Morgan fingerprint density at radius 2 is 1.71 bits per heavy atom. The molecule has 0 saturated carbocycles. The van der Waals surface area contributed by atoms with Crippen LogP contribution in [0, 0.1) is 0 Å². The van der Waals surface area contributed by atoms with Gasteiger partial charge in [0.25, 0.3) is 0 Å². The fourth-order valence-electron chi connectivity index (χ4n) is 0.750. The molecule has 0 aliphatic rings. The summed E-state index contributed by atoms with van der Waals surface area (Å²) in [5.74, 6) is 0. The van der Waals surface area contributed by atoms with Gasteiger partial charge < -0.3 is 0 Å². The SMILES string of the molecule is C=Cc1cccnc1.c1cncnc1. The lowest BCUT2D eigenvalue weighted by atomic mass is 10.3. The quantitative estimate of drug-likeness (QED) is 0.683. The molecule has 2 heterocycles. The van der Waals surface area contributed by atoms with Gasteiger partial charge >= 0.3 is 0 Å². The Balaban J connectivity index is 0.000000146. The summed E-state index contributed by atoms with van der Waals surface area (Å²) in [6.07, 6.45) is 10.2. The largest absolute Gasteiger partial charge is 0.264 e. The summed E-state index contributed by atoms with van der Waals surface area (Å²) in [5, 5.41) is 0. The first kappa shape index (κ1) is 10.1. The van der Waals surface area contributed by atoms with Crippen molar-refractivity contribution in [1.82, 2.24) is 15.0 Å². The first-order valence-corrected chi connectivity index (χ1v) is 4.16. The molecule has 0 spiro atoms. The number of hydrogen-bond acceptors (Lipinski definition) is 3. The van der Waals surface area contributed by atoms with Crippen molar-refractivity contribution in [1.29, 1.82) is 0 Å². The van der Waals surface area contributed by atoms with Crippen LogP contribution in [-0.2, 0) is 0 Å². The van der Waals surface area contributed by atoms with Crippen molar-refractivity contribution in [2.24, 2.45) is 0 Å². The molecule has 0 saturated heterocycles. The van der Waals surface area contributed by atoms with E-state index in [4.69, 9.17) is 0 Å². The summed E-state index contributed by atoms with van der Waals surface area (Å²) < 4.78 is 0. The van der Waals surface area contributed by atoms with E-state index in [-0.39, 0.29) is 0 Å². The van der Waals surface area contributed by atoms with Gasteiger partial charge in [-0.3, -0.25) is 4.98 Å². The fourth-order valence-corrected chi connectivity index (χ4v) is 0.750. The maximum atomic E-state index is 3.88. The van der Waals surface area contributed by atoms with Crippen LogP contribution in [0.1, 0.15) is 5.56 Å². The number of hydrogen-bond donors (Lipinski definition) is 0. The molecular weight excluding hydrogens is 174 g/mol. The van der Waals surface area contributed by atoms with Crippen LogP contribution in [0.4, 0.5) is 0 Å². The smallest absolute Gasteiger partial charge is 0.115 e. The van der Waals surface area contributed by atoms with Gasteiger partial charge in [-0.25, -0.2) is 9.97 Å². The molecule has 3 heteroatoms. The molecule has 0 bridgehead atoms. The van der Waals surface area contributed by atoms with E-state index in [1.165, 1.54) is 6.33 Å². The van der Waals surface area contributed by atoms with Crippen LogP contribution in [0.3, 0.4) is 0 Å². The van der Waals surface area contributed by atoms with Crippen LogP contribution in [0.5, 0.6) is 0 Å². The minimum atomic E-state index is 1.06. The van der Waals surface area contributed by atoms with Gasteiger partial charge in [-0.1, -0.05) is 18.7 Å². The van der Waals surface area contributed by atoms with E-state index < -0.39 is 0 Å². The Morgan fingerprint density at radius 3 is 2.00 bits per heavy atom. The van der Waals surface area contributed by atoms with Gasteiger partial charge in [-0.15, -0.1) is 0 Å². The molecule has 0 amide bonds. The minimum absolute atomic E-state index is 1.06. The summed E-state index contributed by atoms with van der Waals surface area (Å²) in [4.78, 5) is 11.2. The maximum Gasteiger partial charge on any atom is 0.115 e. The molecule has 0 aliphatic carbocycles. The molecule has 14 heavy (non-hydrogen) atoms. The lowest BCUT2D eigenvalue weighted by Gasteiger charge is -1.84. The Hall–Kier alpha value is -2.03. The highest BCUT2D eigenvalue weighted by molar-refractivity contribution is 5.44.